The fourth-order valence-corrected chi connectivity index (χ4v) is 1.54. The monoisotopic (exact) mass is 219 g/mol. The molecule has 1 aliphatic heterocycles. The van der Waals surface area contributed by atoms with Crippen molar-refractivity contribution in [3.8, 4) is 5.75 Å². The zero-order valence-corrected chi connectivity index (χ0v) is 7.97. The van der Waals surface area contributed by atoms with Crippen LogP contribution in [0.2, 0.25) is 0 Å². The van der Waals surface area contributed by atoms with E-state index in [4.69, 9.17) is 16.5 Å². The van der Waals surface area contributed by atoms with Crippen LogP contribution in [0.4, 0.5) is 14.5 Å². The summed E-state index contributed by atoms with van der Waals surface area (Å²) in [6, 6.07) is 4.22. The van der Waals surface area contributed by atoms with E-state index in [0.717, 1.165) is 0 Å². The summed E-state index contributed by atoms with van der Waals surface area (Å²) in [5, 5.41) is 0. The number of alkyl halides is 2. The van der Waals surface area contributed by atoms with Gasteiger partial charge in [-0.3, -0.25) is 4.42 Å². The van der Waals surface area contributed by atoms with Gasteiger partial charge in [-0.25, -0.2) is 8.78 Å². The van der Waals surface area contributed by atoms with Crippen molar-refractivity contribution in [1.82, 2.24) is 0 Å². The van der Waals surface area contributed by atoms with Crippen molar-refractivity contribution < 1.29 is 13.5 Å². The van der Waals surface area contributed by atoms with Gasteiger partial charge in [-0.1, -0.05) is 0 Å². The van der Waals surface area contributed by atoms with Crippen LogP contribution in [-0.4, -0.2) is 13.2 Å². The predicted octanol–water partition coefficient (Wildman–Crippen LogP) is 2.98. The third kappa shape index (κ3) is 1.62. The highest BCUT2D eigenvalue weighted by molar-refractivity contribution is 6.26. The lowest BCUT2D eigenvalue weighted by molar-refractivity contribution is 0.151. The molecule has 0 saturated carbocycles. The molecule has 0 unspecified atom stereocenters. The van der Waals surface area contributed by atoms with Crippen molar-refractivity contribution >= 4 is 17.5 Å². The van der Waals surface area contributed by atoms with E-state index in [1.54, 1.807) is 0 Å². The molecule has 2 rings (SSSR count). The maximum atomic E-state index is 12.4. The SMILES string of the molecule is FC(F)c1ccc2c(c1)N(Cl)CCO2. The highest BCUT2D eigenvalue weighted by Crippen LogP contribution is 2.35. The topological polar surface area (TPSA) is 12.5 Å². The number of fused-ring (bicyclic) bond motifs is 1. The van der Waals surface area contributed by atoms with Crippen LogP contribution in [0.25, 0.3) is 0 Å². The largest absolute Gasteiger partial charge is 0.489 e. The van der Waals surface area contributed by atoms with Crippen molar-refractivity contribution in [3.05, 3.63) is 23.8 Å². The Morgan fingerprint density at radius 1 is 1.43 bits per heavy atom. The number of anilines is 1. The van der Waals surface area contributed by atoms with Crippen molar-refractivity contribution in [3.63, 3.8) is 0 Å². The maximum Gasteiger partial charge on any atom is 0.263 e. The van der Waals surface area contributed by atoms with Crippen LogP contribution in [-0.2, 0) is 0 Å². The number of nitrogens with zero attached hydrogens (tertiary/aromatic N) is 1. The van der Waals surface area contributed by atoms with Gasteiger partial charge in [-0.15, -0.1) is 0 Å². The summed E-state index contributed by atoms with van der Waals surface area (Å²) in [6.45, 7) is 0.978. The Balaban J connectivity index is 2.41. The summed E-state index contributed by atoms with van der Waals surface area (Å²) < 4.78 is 31.4. The summed E-state index contributed by atoms with van der Waals surface area (Å²) in [5.74, 6) is 0.552. The molecule has 1 aromatic carbocycles. The smallest absolute Gasteiger partial charge is 0.263 e. The number of hydrogen-bond acceptors (Lipinski definition) is 2. The zero-order chi connectivity index (χ0) is 10.1. The molecule has 0 saturated heterocycles. The van der Waals surface area contributed by atoms with E-state index in [1.165, 1.54) is 22.6 Å². The third-order valence-corrected chi connectivity index (χ3v) is 2.39. The van der Waals surface area contributed by atoms with Crippen LogP contribution < -0.4 is 9.16 Å². The Labute approximate surface area is 85.1 Å². The minimum Gasteiger partial charge on any atom is -0.489 e. The molecule has 1 aromatic rings. The molecule has 5 heteroatoms. The molecule has 0 spiro atoms. The summed E-state index contributed by atoms with van der Waals surface area (Å²) in [4.78, 5) is 0. The van der Waals surface area contributed by atoms with Gasteiger partial charge < -0.3 is 4.74 Å². The molecule has 0 aromatic heterocycles. The Hall–Kier alpha value is -1.03. The molecule has 14 heavy (non-hydrogen) atoms. The van der Waals surface area contributed by atoms with Crippen LogP contribution in [0, 0.1) is 0 Å². The van der Waals surface area contributed by atoms with Crippen LogP contribution in [0.3, 0.4) is 0 Å². The molecule has 1 heterocycles. The molecule has 0 atom stereocenters. The fraction of sp³-hybridized carbons (Fsp3) is 0.333. The molecule has 1 aliphatic rings. The van der Waals surface area contributed by atoms with E-state index in [-0.39, 0.29) is 5.56 Å². The van der Waals surface area contributed by atoms with Gasteiger partial charge in [0.1, 0.15) is 12.4 Å². The summed E-state index contributed by atoms with van der Waals surface area (Å²) in [6.07, 6.45) is -2.48. The van der Waals surface area contributed by atoms with E-state index in [1.807, 2.05) is 0 Å². The first-order valence-electron chi connectivity index (χ1n) is 4.16. The quantitative estimate of drug-likeness (QED) is 0.674. The molecule has 2 nitrogen and oxygen atoms in total. The lowest BCUT2D eigenvalue weighted by Gasteiger charge is -2.25. The molecular formula is C9H8ClF2NO. The number of halogens is 3. The third-order valence-electron chi connectivity index (χ3n) is 2.04. The summed E-state index contributed by atoms with van der Waals surface area (Å²) >= 11 is 5.83. The van der Waals surface area contributed by atoms with Crippen LogP contribution >= 0.6 is 11.8 Å². The second-order valence-corrected chi connectivity index (χ2v) is 3.37. The van der Waals surface area contributed by atoms with Crippen molar-refractivity contribution in [2.75, 3.05) is 17.6 Å². The average Bonchev–Trinajstić information content (AvgIpc) is 2.18. The first kappa shape index (κ1) is 9.52. The van der Waals surface area contributed by atoms with E-state index in [9.17, 15) is 8.78 Å². The minimum absolute atomic E-state index is 0.0418. The molecule has 0 bridgehead atoms. The first-order chi connectivity index (χ1) is 6.68. The van der Waals surface area contributed by atoms with Gasteiger partial charge in [0.2, 0.25) is 0 Å². The fourth-order valence-electron chi connectivity index (χ4n) is 1.34. The summed E-state index contributed by atoms with van der Waals surface area (Å²) in [7, 11) is 0. The highest BCUT2D eigenvalue weighted by Gasteiger charge is 2.18. The number of ether oxygens (including phenoxy) is 1. The van der Waals surface area contributed by atoms with Crippen LogP contribution in [0.15, 0.2) is 18.2 Å². The summed E-state index contributed by atoms with van der Waals surface area (Å²) in [5.41, 5.74) is 0.468. The Kier molecular flexibility index (Phi) is 2.46. The lowest BCUT2D eigenvalue weighted by Crippen LogP contribution is -2.24. The van der Waals surface area contributed by atoms with Crippen LogP contribution in [0.1, 0.15) is 12.0 Å². The van der Waals surface area contributed by atoms with Crippen molar-refractivity contribution in [1.29, 1.82) is 0 Å². The molecule has 0 N–H and O–H groups in total. The van der Waals surface area contributed by atoms with E-state index in [2.05, 4.69) is 0 Å². The number of benzene rings is 1. The van der Waals surface area contributed by atoms with Gasteiger partial charge >= 0.3 is 0 Å². The first-order valence-corrected chi connectivity index (χ1v) is 4.50. The highest BCUT2D eigenvalue weighted by atomic mass is 35.5. The average molecular weight is 220 g/mol. The van der Waals surface area contributed by atoms with Gasteiger partial charge in [-0.05, 0) is 18.2 Å². The molecule has 76 valence electrons. The zero-order valence-electron chi connectivity index (χ0n) is 7.21. The second-order valence-electron chi connectivity index (χ2n) is 2.96. The Bertz CT molecular complexity index is 346. The minimum atomic E-state index is -2.48. The Morgan fingerprint density at radius 3 is 2.93 bits per heavy atom. The van der Waals surface area contributed by atoms with E-state index < -0.39 is 6.43 Å². The van der Waals surface area contributed by atoms with E-state index >= 15 is 0 Å². The van der Waals surface area contributed by atoms with Crippen LogP contribution in [0.5, 0.6) is 5.75 Å². The number of rotatable bonds is 1. The lowest BCUT2D eigenvalue weighted by atomic mass is 10.2. The van der Waals surface area contributed by atoms with Gasteiger partial charge in [0, 0.05) is 17.3 Å². The van der Waals surface area contributed by atoms with Gasteiger partial charge in [0.15, 0.2) is 0 Å². The van der Waals surface area contributed by atoms with Gasteiger partial charge in [0.05, 0.1) is 12.2 Å². The molecule has 0 fully saturated rings. The van der Waals surface area contributed by atoms with E-state index in [0.29, 0.717) is 24.6 Å². The van der Waals surface area contributed by atoms with Gasteiger partial charge in [-0.2, -0.15) is 0 Å². The molecule has 0 amide bonds. The standard InChI is InChI=1S/C9H8ClF2NO/c10-13-3-4-14-8-2-1-6(9(11)12)5-7(8)13/h1-2,5,9H,3-4H2. The normalized spacial score (nSPS) is 15.3. The molecular weight excluding hydrogens is 212 g/mol. The molecule has 0 aliphatic carbocycles. The maximum absolute atomic E-state index is 12.4. The van der Waals surface area contributed by atoms with Crippen molar-refractivity contribution in [2.24, 2.45) is 0 Å². The predicted molar refractivity (Wildman–Crippen MR) is 50.1 cm³/mol. The number of hydrogen-bond donors (Lipinski definition) is 0. The Morgan fingerprint density at radius 2 is 2.21 bits per heavy atom. The van der Waals surface area contributed by atoms with Gasteiger partial charge in [0.25, 0.3) is 6.43 Å². The van der Waals surface area contributed by atoms with Crippen molar-refractivity contribution in [2.45, 2.75) is 6.43 Å². The molecule has 0 radical (unpaired) electrons. The second kappa shape index (κ2) is 3.61.